The summed E-state index contributed by atoms with van der Waals surface area (Å²) in [5, 5.41) is 10.5. The van der Waals surface area contributed by atoms with Gasteiger partial charge in [0, 0.05) is 12.6 Å². The molecular weight excluding hydrogens is 152 g/mol. The van der Waals surface area contributed by atoms with Crippen molar-refractivity contribution in [1.29, 1.82) is 0 Å². The topological polar surface area (TPSA) is 49.5 Å². The third-order valence-electron chi connectivity index (χ3n) is 2.81. The lowest BCUT2D eigenvalue weighted by Crippen LogP contribution is -2.44. The molecule has 0 heterocycles. The molecule has 0 spiro atoms. The lowest BCUT2D eigenvalue weighted by Gasteiger charge is -2.32. The summed E-state index contributed by atoms with van der Waals surface area (Å²) in [5.41, 5.74) is 0. The third kappa shape index (κ3) is 2.73. The molecule has 0 aromatic carbocycles. The number of rotatable bonds is 3. The van der Waals surface area contributed by atoms with Gasteiger partial charge in [-0.1, -0.05) is 6.92 Å². The molecule has 3 N–H and O–H groups in total. The van der Waals surface area contributed by atoms with E-state index >= 15 is 0 Å². The molecule has 0 unspecified atom stereocenters. The number of aliphatic hydroxyl groups excluding tert-OH is 1. The molecule has 0 bridgehead atoms. The Morgan fingerprint density at radius 1 is 1.33 bits per heavy atom. The van der Waals surface area contributed by atoms with Gasteiger partial charge in [0.1, 0.15) is 0 Å². The number of aliphatic hydroxyl groups is 1. The zero-order valence-electron chi connectivity index (χ0n) is 7.87. The van der Waals surface area contributed by atoms with Gasteiger partial charge in [-0.3, -0.25) is 5.84 Å². The monoisotopic (exact) mass is 172 g/mol. The van der Waals surface area contributed by atoms with Crippen molar-refractivity contribution in [3.05, 3.63) is 0 Å². The van der Waals surface area contributed by atoms with Crippen molar-refractivity contribution >= 4 is 0 Å². The summed E-state index contributed by atoms with van der Waals surface area (Å²) < 4.78 is 0. The van der Waals surface area contributed by atoms with Crippen molar-refractivity contribution in [3.8, 4) is 0 Å². The van der Waals surface area contributed by atoms with Crippen molar-refractivity contribution < 1.29 is 5.11 Å². The highest BCUT2D eigenvalue weighted by molar-refractivity contribution is 4.75. The van der Waals surface area contributed by atoms with E-state index in [4.69, 9.17) is 10.9 Å². The van der Waals surface area contributed by atoms with E-state index in [1.807, 2.05) is 0 Å². The van der Waals surface area contributed by atoms with Gasteiger partial charge in [-0.25, -0.2) is 5.01 Å². The Morgan fingerprint density at radius 3 is 2.42 bits per heavy atom. The summed E-state index contributed by atoms with van der Waals surface area (Å²) >= 11 is 0. The van der Waals surface area contributed by atoms with Crippen molar-refractivity contribution in [2.24, 2.45) is 11.8 Å². The molecule has 0 atom stereocenters. The molecule has 0 aliphatic heterocycles. The average molecular weight is 172 g/mol. The summed E-state index contributed by atoms with van der Waals surface area (Å²) in [6, 6.07) is 0.508. The Morgan fingerprint density at radius 2 is 1.92 bits per heavy atom. The molecule has 1 aliphatic rings. The van der Waals surface area contributed by atoms with Crippen LogP contribution in [0, 0.1) is 5.92 Å². The predicted molar refractivity (Wildman–Crippen MR) is 49.4 cm³/mol. The van der Waals surface area contributed by atoms with Gasteiger partial charge in [0.05, 0.1) is 6.61 Å². The second kappa shape index (κ2) is 4.80. The first-order valence-corrected chi connectivity index (χ1v) is 4.86. The highest BCUT2D eigenvalue weighted by Crippen LogP contribution is 2.25. The van der Waals surface area contributed by atoms with Gasteiger partial charge in [-0.05, 0) is 31.6 Å². The van der Waals surface area contributed by atoms with Gasteiger partial charge < -0.3 is 5.11 Å². The molecule has 0 saturated heterocycles. The largest absolute Gasteiger partial charge is 0.395 e. The maximum absolute atomic E-state index is 8.70. The highest BCUT2D eigenvalue weighted by atomic mass is 16.3. The molecule has 0 radical (unpaired) electrons. The van der Waals surface area contributed by atoms with Gasteiger partial charge in [0.2, 0.25) is 0 Å². The minimum Gasteiger partial charge on any atom is -0.395 e. The molecule has 1 fully saturated rings. The summed E-state index contributed by atoms with van der Waals surface area (Å²) in [6.45, 7) is 3.07. The third-order valence-corrected chi connectivity index (χ3v) is 2.81. The molecule has 1 rings (SSSR count). The van der Waals surface area contributed by atoms with Gasteiger partial charge in [-0.2, -0.15) is 0 Å². The van der Waals surface area contributed by atoms with Crippen LogP contribution < -0.4 is 5.84 Å². The van der Waals surface area contributed by atoms with Gasteiger partial charge in [0.25, 0.3) is 0 Å². The van der Waals surface area contributed by atoms with Crippen LogP contribution in [0.3, 0.4) is 0 Å². The molecule has 12 heavy (non-hydrogen) atoms. The zero-order valence-corrected chi connectivity index (χ0v) is 7.87. The predicted octanol–water partition coefficient (Wildman–Crippen LogP) is 0.733. The normalized spacial score (nSPS) is 31.0. The maximum Gasteiger partial charge on any atom is 0.0572 e. The molecule has 72 valence electrons. The Labute approximate surface area is 74.5 Å². The van der Waals surface area contributed by atoms with E-state index in [0.717, 1.165) is 5.92 Å². The molecule has 1 aliphatic carbocycles. The van der Waals surface area contributed by atoms with Crippen LogP contribution in [-0.2, 0) is 0 Å². The second-order valence-corrected chi connectivity index (χ2v) is 3.88. The average Bonchev–Trinajstić information content (AvgIpc) is 2.06. The quantitative estimate of drug-likeness (QED) is 0.487. The van der Waals surface area contributed by atoms with Crippen LogP contribution in [-0.4, -0.2) is 29.3 Å². The number of nitrogens with two attached hydrogens (primary N) is 1. The van der Waals surface area contributed by atoms with Crippen LogP contribution in [0.1, 0.15) is 32.6 Å². The van der Waals surface area contributed by atoms with Gasteiger partial charge in [0.15, 0.2) is 0 Å². The number of hydrazine groups is 1. The van der Waals surface area contributed by atoms with Crippen molar-refractivity contribution in [1.82, 2.24) is 5.01 Å². The van der Waals surface area contributed by atoms with Crippen LogP contribution in [0.25, 0.3) is 0 Å². The first-order valence-electron chi connectivity index (χ1n) is 4.86. The minimum absolute atomic E-state index is 0.169. The van der Waals surface area contributed by atoms with E-state index in [1.54, 1.807) is 5.01 Å². The van der Waals surface area contributed by atoms with Gasteiger partial charge in [-0.15, -0.1) is 0 Å². The van der Waals surface area contributed by atoms with E-state index in [2.05, 4.69) is 6.92 Å². The minimum atomic E-state index is 0.169. The first kappa shape index (κ1) is 9.96. The summed E-state index contributed by atoms with van der Waals surface area (Å²) in [5.74, 6) is 6.64. The second-order valence-electron chi connectivity index (χ2n) is 3.88. The smallest absolute Gasteiger partial charge is 0.0572 e. The van der Waals surface area contributed by atoms with E-state index in [9.17, 15) is 0 Å². The fraction of sp³-hybridized carbons (Fsp3) is 1.00. The van der Waals surface area contributed by atoms with Crippen LogP contribution in [0.4, 0.5) is 0 Å². The Hall–Kier alpha value is -0.120. The molecule has 3 nitrogen and oxygen atoms in total. The standard InChI is InChI=1S/C9H20N2O/c1-8-2-4-9(5-3-8)11(10)6-7-12/h8-9,12H,2-7,10H2,1H3. The highest BCUT2D eigenvalue weighted by Gasteiger charge is 2.21. The van der Waals surface area contributed by atoms with Crippen molar-refractivity contribution in [2.45, 2.75) is 38.6 Å². The Kier molecular flexibility index (Phi) is 3.98. The van der Waals surface area contributed by atoms with Crippen LogP contribution in [0.15, 0.2) is 0 Å². The van der Waals surface area contributed by atoms with E-state index in [-0.39, 0.29) is 6.61 Å². The number of hydrogen-bond acceptors (Lipinski definition) is 3. The SMILES string of the molecule is CC1CCC(N(N)CCO)CC1. The molecular formula is C9H20N2O. The fourth-order valence-corrected chi connectivity index (χ4v) is 1.87. The van der Waals surface area contributed by atoms with Crippen LogP contribution in [0.2, 0.25) is 0 Å². The van der Waals surface area contributed by atoms with E-state index < -0.39 is 0 Å². The van der Waals surface area contributed by atoms with Crippen molar-refractivity contribution in [3.63, 3.8) is 0 Å². The van der Waals surface area contributed by atoms with E-state index in [0.29, 0.717) is 12.6 Å². The van der Waals surface area contributed by atoms with Crippen LogP contribution >= 0.6 is 0 Å². The Bertz CT molecular complexity index is 122. The fourth-order valence-electron chi connectivity index (χ4n) is 1.87. The summed E-state index contributed by atoms with van der Waals surface area (Å²) in [4.78, 5) is 0. The van der Waals surface area contributed by atoms with Gasteiger partial charge >= 0.3 is 0 Å². The summed E-state index contributed by atoms with van der Waals surface area (Å²) in [7, 11) is 0. The molecule has 0 amide bonds. The maximum atomic E-state index is 8.70. The van der Waals surface area contributed by atoms with Crippen LogP contribution in [0.5, 0.6) is 0 Å². The molecule has 0 aromatic heterocycles. The zero-order chi connectivity index (χ0) is 8.97. The summed E-state index contributed by atoms with van der Waals surface area (Å²) in [6.07, 6.45) is 4.95. The molecule has 3 heteroatoms. The lowest BCUT2D eigenvalue weighted by molar-refractivity contribution is 0.114. The Balaban J connectivity index is 2.24. The number of nitrogens with zero attached hydrogens (tertiary/aromatic N) is 1. The van der Waals surface area contributed by atoms with Crippen molar-refractivity contribution in [2.75, 3.05) is 13.2 Å². The lowest BCUT2D eigenvalue weighted by atomic mass is 9.87. The number of hydrogen-bond donors (Lipinski definition) is 2. The van der Waals surface area contributed by atoms with E-state index in [1.165, 1.54) is 25.7 Å². The first-order chi connectivity index (χ1) is 5.74. The molecule has 0 aromatic rings. The molecule has 1 saturated carbocycles.